The van der Waals surface area contributed by atoms with Crippen LogP contribution >= 0.6 is 11.3 Å². The van der Waals surface area contributed by atoms with E-state index in [1.165, 1.54) is 5.38 Å². The maximum Gasteiger partial charge on any atom is 0.413 e. The molecule has 2 aromatic rings. The van der Waals surface area contributed by atoms with Gasteiger partial charge >= 0.3 is 18.2 Å². The fraction of sp³-hybridized carbons (Fsp3) is 0.417. The first-order valence-corrected chi connectivity index (χ1v) is 12.2. The lowest BCUT2D eigenvalue weighted by atomic mass is 10.2. The zero-order valence-corrected chi connectivity index (χ0v) is 22.7. The fourth-order valence-corrected chi connectivity index (χ4v) is 3.21. The zero-order valence-electron chi connectivity index (χ0n) is 21.9. The van der Waals surface area contributed by atoms with Crippen molar-refractivity contribution >= 4 is 46.2 Å². The molecule has 0 spiro atoms. The summed E-state index contributed by atoms with van der Waals surface area (Å²) in [5.74, 6) is -1.03. The van der Waals surface area contributed by atoms with E-state index >= 15 is 0 Å². The van der Waals surface area contributed by atoms with E-state index in [4.69, 9.17) is 24.5 Å². The predicted molar refractivity (Wildman–Crippen MR) is 140 cm³/mol. The van der Waals surface area contributed by atoms with Crippen molar-refractivity contribution in [1.29, 1.82) is 5.41 Å². The Morgan fingerprint density at radius 1 is 1.00 bits per heavy atom. The number of nitrogens with zero attached hydrogens (tertiary/aromatic N) is 2. The molecule has 0 bridgehead atoms. The van der Waals surface area contributed by atoms with Crippen LogP contribution in [0.4, 0.5) is 14.7 Å². The van der Waals surface area contributed by atoms with Crippen LogP contribution in [-0.2, 0) is 19.1 Å². The molecule has 0 aliphatic rings. The topological polar surface area (TPSA) is 182 Å². The SMILES string of the molecule is CC(C)(C)OC(=O)NC(=N)c1ccc(OCCON=C(C(=O)O)c2csc(NC(=O)OC(C)(C)C)n2)cc1. The number of rotatable bonds is 9. The molecule has 0 saturated heterocycles. The van der Waals surface area contributed by atoms with Gasteiger partial charge in [0, 0.05) is 10.9 Å². The number of carbonyl (C=O) groups is 3. The summed E-state index contributed by atoms with van der Waals surface area (Å²) in [6.07, 6.45) is -1.45. The largest absolute Gasteiger partial charge is 0.490 e. The Bertz CT molecular complexity index is 1180. The van der Waals surface area contributed by atoms with Gasteiger partial charge in [-0.15, -0.1) is 11.3 Å². The number of nitrogens with one attached hydrogen (secondary N) is 3. The van der Waals surface area contributed by atoms with Gasteiger partial charge in [-0.2, -0.15) is 0 Å². The minimum Gasteiger partial charge on any atom is -0.490 e. The second kappa shape index (κ2) is 12.9. The number of aromatic nitrogens is 1. The molecule has 38 heavy (non-hydrogen) atoms. The second-order valence-electron chi connectivity index (χ2n) is 9.62. The van der Waals surface area contributed by atoms with Gasteiger partial charge in [-0.1, -0.05) is 5.16 Å². The van der Waals surface area contributed by atoms with Gasteiger partial charge in [0.15, 0.2) is 11.7 Å². The van der Waals surface area contributed by atoms with E-state index in [-0.39, 0.29) is 29.9 Å². The molecule has 0 saturated carbocycles. The molecule has 1 aromatic carbocycles. The van der Waals surface area contributed by atoms with Gasteiger partial charge in [0.1, 0.15) is 35.1 Å². The number of carbonyl (C=O) groups excluding carboxylic acids is 2. The molecule has 1 aromatic heterocycles. The second-order valence-corrected chi connectivity index (χ2v) is 10.5. The van der Waals surface area contributed by atoms with Crippen LogP contribution in [0.1, 0.15) is 52.8 Å². The molecule has 0 atom stereocenters. The number of oxime groups is 1. The summed E-state index contributed by atoms with van der Waals surface area (Å²) in [6, 6.07) is 6.37. The van der Waals surface area contributed by atoms with Crippen LogP contribution in [0, 0.1) is 5.41 Å². The van der Waals surface area contributed by atoms with Gasteiger partial charge in [-0.3, -0.25) is 16.0 Å². The molecule has 14 heteroatoms. The summed E-state index contributed by atoms with van der Waals surface area (Å²) in [4.78, 5) is 44.4. The molecule has 0 radical (unpaired) electrons. The van der Waals surface area contributed by atoms with Gasteiger partial charge in [0.05, 0.1) is 0 Å². The van der Waals surface area contributed by atoms with Crippen molar-refractivity contribution in [2.24, 2.45) is 5.16 Å². The van der Waals surface area contributed by atoms with Crippen molar-refractivity contribution in [2.45, 2.75) is 52.7 Å². The number of hydrogen-bond acceptors (Lipinski definition) is 11. The fourth-order valence-electron chi connectivity index (χ4n) is 2.53. The maximum atomic E-state index is 11.9. The average Bonchev–Trinajstić information content (AvgIpc) is 3.21. The molecule has 206 valence electrons. The van der Waals surface area contributed by atoms with E-state index in [0.29, 0.717) is 11.3 Å². The average molecular weight is 550 g/mol. The van der Waals surface area contributed by atoms with Crippen LogP contribution in [0.3, 0.4) is 0 Å². The molecule has 0 aliphatic carbocycles. The number of aliphatic carboxylic acids is 1. The summed E-state index contributed by atoms with van der Waals surface area (Å²) in [5, 5.41) is 27.4. The molecule has 1 heterocycles. The van der Waals surface area contributed by atoms with Gasteiger partial charge < -0.3 is 24.2 Å². The summed E-state index contributed by atoms with van der Waals surface area (Å²) in [5.41, 5.74) is -1.37. The number of hydrogen-bond donors (Lipinski definition) is 4. The Kier molecular flexibility index (Phi) is 10.2. The molecule has 2 rings (SSSR count). The number of ether oxygens (including phenoxy) is 3. The normalized spacial score (nSPS) is 11.8. The van der Waals surface area contributed by atoms with Crippen LogP contribution in [0.2, 0.25) is 0 Å². The van der Waals surface area contributed by atoms with E-state index in [0.717, 1.165) is 11.3 Å². The molecule has 4 N–H and O–H groups in total. The van der Waals surface area contributed by atoms with Crippen LogP contribution in [-0.4, -0.2) is 64.2 Å². The summed E-state index contributed by atoms with van der Waals surface area (Å²) < 4.78 is 15.8. The number of carboxylic acid groups (broad SMARTS) is 1. The highest BCUT2D eigenvalue weighted by Crippen LogP contribution is 2.18. The maximum absolute atomic E-state index is 11.9. The summed E-state index contributed by atoms with van der Waals surface area (Å²) >= 11 is 1.01. The smallest absolute Gasteiger partial charge is 0.413 e. The van der Waals surface area contributed by atoms with Gasteiger partial charge in [0.25, 0.3) is 0 Å². The van der Waals surface area contributed by atoms with Crippen molar-refractivity contribution in [3.8, 4) is 5.75 Å². The summed E-state index contributed by atoms with van der Waals surface area (Å²) in [7, 11) is 0. The quantitative estimate of drug-likeness (QED) is 0.154. The first kappa shape index (κ1) is 30.0. The third-order valence-electron chi connectivity index (χ3n) is 3.93. The van der Waals surface area contributed by atoms with Gasteiger partial charge in [0.2, 0.25) is 5.71 Å². The van der Waals surface area contributed by atoms with Gasteiger partial charge in [-0.25, -0.2) is 19.4 Å². The molecule has 0 fully saturated rings. The molecule has 2 amide bonds. The number of anilines is 1. The van der Waals surface area contributed by atoms with E-state index in [9.17, 15) is 19.5 Å². The van der Waals surface area contributed by atoms with E-state index in [1.807, 2.05) is 0 Å². The van der Waals surface area contributed by atoms with Crippen LogP contribution < -0.4 is 15.4 Å². The minimum absolute atomic E-state index is 0.00695. The van der Waals surface area contributed by atoms with Crippen LogP contribution in [0.15, 0.2) is 34.8 Å². The monoisotopic (exact) mass is 549 g/mol. The van der Waals surface area contributed by atoms with Crippen LogP contribution in [0.25, 0.3) is 0 Å². The highest BCUT2D eigenvalue weighted by Gasteiger charge is 2.21. The Morgan fingerprint density at radius 3 is 2.18 bits per heavy atom. The molecule has 0 unspecified atom stereocenters. The number of alkyl carbamates (subject to hydrolysis) is 1. The van der Waals surface area contributed by atoms with Crippen molar-refractivity contribution in [3.63, 3.8) is 0 Å². The lowest BCUT2D eigenvalue weighted by molar-refractivity contribution is -0.129. The van der Waals surface area contributed by atoms with Crippen molar-refractivity contribution in [3.05, 3.63) is 40.9 Å². The Hall–Kier alpha value is -4.20. The predicted octanol–water partition coefficient (Wildman–Crippen LogP) is 4.22. The van der Waals surface area contributed by atoms with E-state index in [2.05, 4.69) is 20.8 Å². The van der Waals surface area contributed by atoms with Crippen molar-refractivity contribution < 1.29 is 38.5 Å². The number of carboxylic acids is 1. The highest BCUT2D eigenvalue weighted by molar-refractivity contribution is 7.14. The zero-order chi connectivity index (χ0) is 28.5. The van der Waals surface area contributed by atoms with E-state index < -0.39 is 35.1 Å². The lowest BCUT2D eigenvalue weighted by Crippen LogP contribution is -2.36. The standard InChI is InChI=1S/C24H31N5O8S/c1-23(2,3)36-21(32)27-18(25)14-7-9-15(10-8-14)34-11-12-35-29-17(19(30)31)16-13-38-20(26-16)28-22(33)37-24(4,5)6/h7-10,13H,11-12H2,1-6H3,(H,30,31)(H2,25,27,32)(H,26,28,33). The number of thiazole rings is 1. The molecule has 0 aliphatic heterocycles. The molecule has 13 nitrogen and oxygen atoms in total. The molecular formula is C24H31N5O8S. The third kappa shape index (κ3) is 10.8. The van der Waals surface area contributed by atoms with E-state index in [1.54, 1.807) is 65.8 Å². The minimum atomic E-state index is -1.36. The number of amides is 2. The summed E-state index contributed by atoms with van der Waals surface area (Å²) in [6.45, 7) is 10.3. The van der Waals surface area contributed by atoms with Crippen molar-refractivity contribution in [2.75, 3.05) is 18.5 Å². The third-order valence-corrected chi connectivity index (χ3v) is 4.68. The first-order valence-electron chi connectivity index (χ1n) is 11.3. The van der Waals surface area contributed by atoms with Gasteiger partial charge in [-0.05, 0) is 65.8 Å². The Morgan fingerprint density at radius 2 is 1.61 bits per heavy atom. The van der Waals surface area contributed by atoms with Crippen LogP contribution in [0.5, 0.6) is 5.75 Å². The lowest BCUT2D eigenvalue weighted by Gasteiger charge is -2.19. The first-order chi connectivity index (χ1) is 17.6. The number of amidine groups is 1. The molecular weight excluding hydrogens is 518 g/mol. The number of benzene rings is 1. The van der Waals surface area contributed by atoms with Crippen molar-refractivity contribution in [1.82, 2.24) is 10.3 Å². The Balaban J connectivity index is 1.85. The Labute approximate surface area is 223 Å². The highest BCUT2D eigenvalue weighted by atomic mass is 32.1.